The van der Waals surface area contributed by atoms with E-state index in [-0.39, 0.29) is 11.7 Å². The summed E-state index contributed by atoms with van der Waals surface area (Å²) in [6, 6.07) is 0. The fourth-order valence-electron chi connectivity index (χ4n) is 2.97. The second kappa shape index (κ2) is 3.09. The maximum atomic E-state index is 11.7. The summed E-state index contributed by atoms with van der Waals surface area (Å²) in [6.45, 7) is 2.12. The van der Waals surface area contributed by atoms with E-state index in [0.29, 0.717) is 18.8 Å². The van der Waals surface area contributed by atoms with Gasteiger partial charge < -0.3 is 5.11 Å². The first-order valence-electron chi connectivity index (χ1n) is 5.38. The summed E-state index contributed by atoms with van der Waals surface area (Å²) in [7, 11) is 0. The summed E-state index contributed by atoms with van der Waals surface area (Å²) in [6.07, 6.45) is 5.60. The lowest BCUT2D eigenvalue weighted by molar-refractivity contribution is -0.155. The number of aliphatic hydroxyl groups is 1. The van der Waals surface area contributed by atoms with Crippen molar-refractivity contribution in [3.63, 3.8) is 0 Å². The van der Waals surface area contributed by atoms with Gasteiger partial charge >= 0.3 is 0 Å². The van der Waals surface area contributed by atoms with Gasteiger partial charge in [0, 0.05) is 6.42 Å². The number of carbonyl (C=O) groups is 1. The lowest BCUT2D eigenvalue weighted by atomic mass is 9.64. The van der Waals surface area contributed by atoms with Gasteiger partial charge in [-0.15, -0.1) is 0 Å². The predicted molar refractivity (Wildman–Crippen MR) is 50.3 cm³/mol. The van der Waals surface area contributed by atoms with Crippen molar-refractivity contribution >= 4 is 5.78 Å². The normalized spacial score (nSPS) is 45.8. The lowest BCUT2D eigenvalue weighted by Crippen LogP contribution is -2.52. The summed E-state index contributed by atoms with van der Waals surface area (Å²) >= 11 is 0. The van der Waals surface area contributed by atoms with Crippen molar-refractivity contribution in [2.45, 2.75) is 51.0 Å². The van der Waals surface area contributed by atoms with Crippen LogP contribution in [0.1, 0.15) is 45.4 Å². The predicted octanol–water partition coefficient (Wildman–Crippen LogP) is 1.91. The smallest absolute Gasteiger partial charge is 0.164 e. The zero-order chi connectivity index (χ0) is 9.47. The first kappa shape index (κ1) is 9.20. The molecule has 0 aromatic carbocycles. The zero-order valence-electron chi connectivity index (χ0n) is 8.25. The van der Waals surface area contributed by atoms with Gasteiger partial charge in [0.05, 0.1) is 0 Å². The molecule has 2 saturated carbocycles. The quantitative estimate of drug-likeness (QED) is 0.621. The molecule has 0 spiro atoms. The van der Waals surface area contributed by atoms with Crippen molar-refractivity contribution in [1.82, 2.24) is 0 Å². The second-order valence-electron chi connectivity index (χ2n) is 4.84. The maximum absolute atomic E-state index is 11.7. The molecule has 74 valence electrons. The third kappa shape index (κ3) is 1.41. The number of ketones is 1. The fourth-order valence-corrected chi connectivity index (χ4v) is 2.97. The first-order valence-corrected chi connectivity index (χ1v) is 5.38. The number of fused-ring (bicyclic) bond motifs is 1. The van der Waals surface area contributed by atoms with Crippen molar-refractivity contribution < 1.29 is 9.90 Å². The Hall–Kier alpha value is -0.370. The van der Waals surface area contributed by atoms with Crippen LogP contribution in [0.5, 0.6) is 0 Å². The van der Waals surface area contributed by atoms with Crippen molar-refractivity contribution in [2.75, 3.05) is 0 Å². The van der Waals surface area contributed by atoms with Gasteiger partial charge in [-0.3, -0.25) is 4.79 Å². The van der Waals surface area contributed by atoms with Crippen LogP contribution in [0.15, 0.2) is 0 Å². The van der Waals surface area contributed by atoms with E-state index in [4.69, 9.17) is 0 Å². The Morgan fingerprint density at radius 1 is 1.46 bits per heavy atom. The summed E-state index contributed by atoms with van der Waals surface area (Å²) in [4.78, 5) is 11.7. The Morgan fingerprint density at radius 3 is 3.00 bits per heavy atom. The minimum atomic E-state index is -0.926. The molecule has 0 aliphatic heterocycles. The molecule has 2 aliphatic carbocycles. The van der Waals surface area contributed by atoms with E-state index in [1.165, 1.54) is 6.42 Å². The molecule has 1 N–H and O–H groups in total. The van der Waals surface area contributed by atoms with Crippen molar-refractivity contribution in [3.05, 3.63) is 0 Å². The fraction of sp³-hybridized carbons (Fsp3) is 0.909. The summed E-state index contributed by atoms with van der Waals surface area (Å²) in [5, 5.41) is 10.2. The van der Waals surface area contributed by atoms with E-state index in [1.54, 1.807) is 0 Å². The number of rotatable bonds is 0. The third-order valence-electron chi connectivity index (χ3n) is 3.74. The van der Waals surface area contributed by atoms with Gasteiger partial charge in [-0.05, 0) is 31.1 Å². The summed E-state index contributed by atoms with van der Waals surface area (Å²) in [5.41, 5.74) is -0.926. The maximum Gasteiger partial charge on any atom is 0.164 e. The van der Waals surface area contributed by atoms with Crippen LogP contribution in [-0.2, 0) is 4.79 Å². The van der Waals surface area contributed by atoms with E-state index in [0.717, 1.165) is 19.3 Å². The standard InChI is InChI=1S/C11H18O2/c1-8-6-9-4-2-3-5-11(9,13)10(12)7-8/h8-9,13H,2-7H2,1H3/t8-,9+,11+/m0/s1. The van der Waals surface area contributed by atoms with Crippen LogP contribution in [0, 0.1) is 11.8 Å². The molecular weight excluding hydrogens is 164 g/mol. The molecule has 0 aromatic rings. The third-order valence-corrected chi connectivity index (χ3v) is 3.74. The Kier molecular flexibility index (Phi) is 2.18. The molecule has 0 amide bonds. The SMILES string of the molecule is C[C@@H]1CC(=O)[C@@]2(O)CCCC[C@@H]2C1. The molecule has 0 radical (unpaired) electrons. The summed E-state index contributed by atoms with van der Waals surface area (Å²) in [5.74, 6) is 0.851. The Morgan fingerprint density at radius 2 is 2.23 bits per heavy atom. The average Bonchev–Trinajstić information content (AvgIpc) is 2.07. The lowest BCUT2D eigenvalue weighted by Gasteiger charge is -2.44. The molecule has 0 bridgehead atoms. The number of hydrogen-bond acceptors (Lipinski definition) is 2. The molecule has 0 saturated heterocycles. The van der Waals surface area contributed by atoms with Gasteiger partial charge in [-0.1, -0.05) is 19.8 Å². The van der Waals surface area contributed by atoms with E-state index in [9.17, 15) is 9.90 Å². The van der Waals surface area contributed by atoms with Gasteiger partial charge in [0.15, 0.2) is 5.78 Å². The van der Waals surface area contributed by atoms with Gasteiger partial charge in [-0.25, -0.2) is 0 Å². The van der Waals surface area contributed by atoms with Crippen LogP contribution in [0.3, 0.4) is 0 Å². The van der Waals surface area contributed by atoms with E-state index in [2.05, 4.69) is 6.92 Å². The van der Waals surface area contributed by atoms with E-state index in [1.807, 2.05) is 0 Å². The molecule has 0 unspecified atom stereocenters. The van der Waals surface area contributed by atoms with Gasteiger partial charge in [0.1, 0.15) is 5.60 Å². The average molecular weight is 182 g/mol. The largest absolute Gasteiger partial charge is 0.382 e. The van der Waals surface area contributed by atoms with Crippen LogP contribution in [0.25, 0.3) is 0 Å². The zero-order valence-corrected chi connectivity index (χ0v) is 8.25. The van der Waals surface area contributed by atoms with Crippen LogP contribution in [-0.4, -0.2) is 16.5 Å². The monoisotopic (exact) mass is 182 g/mol. The van der Waals surface area contributed by atoms with Gasteiger partial charge in [0.25, 0.3) is 0 Å². The van der Waals surface area contributed by atoms with Crippen molar-refractivity contribution in [1.29, 1.82) is 0 Å². The van der Waals surface area contributed by atoms with Crippen LogP contribution < -0.4 is 0 Å². The highest BCUT2D eigenvalue weighted by molar-refractivity contribution is 5.88. The molecule has 0 heterocycles. The van der Waals surface area contributed by atoms with E-state index < -0.39 is 5.60 Å². The Bertz CT molecular complexity index is 224. The highest BCUT2D eigenvalue weighted by Crippen LogP contribution is 2.43. The second-order valence-corrected chi connectivity index (χ2v) is 4.84. The summed E-state index contributed by atoms with van der Waals surface area (Å²) < 4.78 is 0. The molecule has 2 aliphatic rings. The minimum Gasteiger partial charge on any atom is -0.382 e. The minimum absolute atomic E-state index is 0.107. The Balaban J connectivity index is 2.20. The van der Waals surface area contributed by atoms with Crippen LogP contribution >= 0.6 is 0 Å². The highest BCUT2D eigenvalue weighted by atomic mass is 16.3. The molecule has 2 fully saturated rings. The Labute approximate surface area is 79.3 Å². The molecular formula is C11H18O2. The highest BCUT2D eigenvalue weighted by Gasteiger charge is 2.48. The van der Waals surface area contributed by atoms with E-state index >= 15 is 0 Å². The number of carbonyl (C=O) groups excluding carboxylic acids is 1. The molecule has 2 nitrogen and oxygen atoms in total. The van der Waals surface area contributed by atoms with Crippen molar-refractivity contribution in [2.24, 2.45) is 11.8 Å². The molecule has 0 aromatic heterocycles. The first-order chi connectivity index (χ1) is 6.13. The number of Topliss-reactive ketones (excluding diaryl/α,β-unsaturated/α-hetero) is 1. The molecule has 2 rings (SSSR count). The van der Waals surface area contributed by atoms with Gasteiger partial charge in [-0.2, -0.15) is 0 Å². The molecule has 13 heavy (non-hydrogen) atoms. The van der Waals surface area contributed by atoms with Crippen LogP contribution in [0.2, 0.25) is 0 Å². The van der Waals surface area contributed by atoms with Crippen LogP contribution in [0.4, 0.5) is 0 Å². The topological polar surface area (TPSA) is 37.3 Å². The molecule has 2 heteroatoms. The molecule has 3 atom stereocenters. The van der Waals surface area contributed by atoms with Crippen molar-refractivity contribution in [3.8, 4) is 0 Å². The van der Waals surface area contributed by atoms with Gasteiger partial charge in [0.2, 0.25) is 0 Å². The number of hydrogen-bond donors (Lipinski definition) is 1.